The summed E-state index contributed by atoms with van der Waals surface area (Å²) >= 11 is 0. The number of pyridine rings is 1. The predicted molar refractivity (Wildman–Crippen MR) is 110 cm³/mol. The quantitative estimate of drug-likeness (QED) is 0.479. The number of H-pyrrole nitrogens is 2. The van der Waals surface area contributed by atoms with E-state index in [0.29, 0.717) is 5.92 Å². The summed E-state index contributed by atoms with van der Waals surface area (Å²) in [6.07, 6.45) is 5.55. The molecular weight excluding hydrogens is 353 g/mol. The SMILES string of the molecule is CC(C)c1c(-c2ccnc3[nH]ncc23)[nH]c2cc(F)c(C3CCNCC3)cc12. The average molecular weight is 377 g/mol. The molecule has 0 bridgehead atoms. The minimum Gasteiger partial charge on any atom is -0.354 e. The van der Waals surface area contributed by atoms with Crippen molar-refractivity contribution in [3.05, 3.63) is 47.5 Å². The Balaban J connectivity index is 1.74. The molecule has 1 aromatic carbocycles. The van der Waals surface area contributed by atoms with Crippen molar-refractivity contribution in [3.8, 4) is 11.3 Å². The van der Waals surface area contributed by atoms with Crippen molar-refractivity contribution in [2.45, 2.75) is 38.5 Å². The van der Waals surface area contributed by atoms with Crippen LogP contribution in [0.5, 0.6) is 0 Å². The lowest BCUT2D eigenvalue weighted by atomic mass is 9.87. The molecule has 0 spiro atoms. The number of nitrogens with one attached hydrogen (secondary N) is 3. The molecular formula is C22H24FN5. The topological polar surface area (TPSA) is 69.4 Å². The number of piperidine rings is 1. The van der Waals surface area contributed by atoms with Gasteiger partial charge in [0.05, 0.1) is 11.9 Å². The van der Waals surface area contributed by atoms with Gasteiger partial charge in [0.15, 0.2) is 5.65 Å². The third kappa shape index (κ3) is 2.71. The summed E-state index contributed by atoms with van der Waals surface area (Å²) in [6.45, 7) is 6.28. The zero-order valence-corrected chi connectivity index (χ0v) is 16.1. The van der Waals surface area contributed by atoms with Gasteiger partial charge in [-0.05, 0) is 67.1 Å². The lowest BCUT2D eigenvalue weighted by Gasteiger charge is -2.23. The molecule has 4 aromatic rings. The molecule has 4 heterocycles. The van der Waals surface area contributed by atoms with Gasteiger partial charge in [0.2, 0.25) is 0 Å². The van der Waals surface area contributed by atoms with Gasteiger partial charge in [0.1, 0.15) is 5.82 Å². The highest BCUT2D eigenvalue weighted by Gasteiger charge is 2.23. The van der Waals surface area contributed by atoms with Crippen LogP contribution in [-0.4, -0.2) is 33.3 Å². The van der Waals surface area contributed by atoms with Crippen molar-refractivity contribution in [2.75, 3.05) is 13.1 Å². The molecule has 144 valence electrons. The van der Waals surface area contributed by atoms with Crippen molar-refractivity contribution in [1.82, 2.24) is 25.5 Å². The smallest absolute Gasteiger partial charge is 0.155 e. The maximum absolute atomic E-state index is 15.0. The number of aromatic nitrogens is 4. The van der Waals surface area contributed by atoms with Crippen molar-refractivity contribution < 1.29 is 4.39 Å². The summed E-state index contributed by atoms with van der Waals surface area (Å²) in [5, 5.41) is 12.5. The molecule has 1 aliphatic rings. The van der Waals surface area contributed by atoms with Crippen LogP contribution in [0.4, 0.5) is 4.39 Å². The lowest BCUT2D eigenvalue weighted by Crippen LogP contribution is -2.27. The van der Waals surface area contributed by atoms with Crippen LogP contribution in [0.2, 0.25) is 0 Å². The molecule has 3 N–H and O–H groups in total. The number of halogens is 1. The fourth-order valence-corrected chi connectivity index (χ4v) is 4.58. The second-order valence-corrected chi connectivity index (χ2v) is 8.00. The molecule has 0 amide bonds. The van der Waals surface area contributed by atoms with E-state index in [1.54, 1.807) is 18.5 Å². The van der Waals surface area contributed by atoms with Crippen LogP contribution in [0.25, 0.3) is 33.2 Å². The van der Waals surface area contributed by atoms with E-state index in [-0.39, 0.29) is 11.7 Å². The minimum atomic E-state index is -0.106. The van der Waals surface area contributed by atoms with E-state index in [1.807, 2.05) is 6.07 Å². The molecule has 0 aliphatic carbocycles. The van der Waals surface area contributed by atoms with Crippen LogP contribution in [-0.2, 0) is 0 Å². The molecule has 0 saturated carbocycles. The lowest BCUT2D eigenvalue weighted by molar-refractivity contribution is 0.445. The van der Waals surface area contributed by atoms with Crippen molar-refractivity contribution in [1.29, 1.82) is 0 Å². The number of aromatic amines is 2. The first-order chi connectivity index (χ1) is 13.6. The van der Waals surface area contributed by atoms with Crippen LogP contribution in [0.1, 0.15) is 49.7 Å². The largest absolute Gasteiger partial charge is 0.354 e. The summed E-state index contributed by atoms with van der Waals surface area (Å²) < 4.78 is 15.0. The Morgan fingerprint density at radius 3 is 2.75 bits per heavy atom. The van der Waals surface area contributed by atoms with Crippen molar-refractivity contribution in [3.63, 3.8) is 0 Å². The molecule has 1 aliphatic heterocycles. The molecule has 1 fully saturated rings. The Morgan fingerprint density at radius 1 is 1.14 bits per heavy atom. The van der Waals surface area contributed by atoms with Gasteiger partial charge in [-0.2, -0.15) is 5.10 Å². The van der Waals surface area contributed by atoms with Gasteiger partial charge in [0, 0.05) is 28.0 Å². The van der Waals surface area contributed by atoms with Crippen LogP contribution < -0.4 is 5.32 Å². The predicted octanol–water partition coefficient (Wildman–Crippen LogP) is 4.84. The van der Waals surface area contributed by atoms with Gasteiger partial charge in [-0.15, -0.1) is 0 Å². The van der Waals surface area contributed by atoms with Crippen LogP contribution in [0, 0.1) is 5.82 Å². The fraction of sp³-hybridized carbons (Fsp3) is 0.364. The highest BCUT2D eigenvalue weighted by Crippen LogP contribution is 2.40. The fourth-order valence-electron chi connectivity index (χ4n) is 4.58. The zero-order valence-electron chi connectivity index (χ0n) is 16.1. The number of hydrogen-bond donors (Lipinski definition) is 3. The molecule has 0 radical (unpaired) electrons. The highest BCUT2D eigenvalue weighted by molar-refractivity contribution is 5.98. The Morgan fingerprint density at radius 2 is 1.96 bits per heavy atom. The summed E-state index contributed by atoms with van der Waals surface area (Å²) in [5.41, 5.74) is 5.75. The zero-order chi connectivity index (χ0) is 19.3. The third-order valence-corrected chi connectivity index (χ3v) is 5.94. The molecule has 28 heavy (non-hydrogen) atoms. The highest BCUT2D eigenvalue weighted by atomic mass is 19.1. The number of benzene rings is 1. The molecule has 5 nitrogen and oxygen atoms in total. The number of nitrogens with zero attached hydrogens (tertiary/aromatic N) is 2. The molecule has 5 rings (SSSR count). The summed E-state index contributed by atoms with van der Waals surface area (Å²) in [7, 11) is 0. The van der Waals surface area contributed by atoms with Gasteiger partial charge in [-0.3, -0.25) is 5.10 Å². The second kappa shape index (κ2) is 6.71. The molecule has 0 atom stereocenters. The monoisotopic (exact) mass is 377 g/mol. The standard InChI is InChI=1S/C22H24FN5/c1-12(2)20-16-9-15(13-3-6-24-7-4-13)18(23)10-19(16)27-21(20)14-5-8-25-22-17(14)11-26-28-22/h5,8-13,24,27H,3-4,6-7H2,1-2H3,(H,25,26,28). The average Bonchev–Trinajstić information content (AvgIpc) is 3.31. The Labute approximate surface area is 162 Å². The van der Waals surface area contributed by atoms with Crippen molar-refractivity contribution >= 4 is 21.9 Å². The Hall–Kier alpha value is -2.73. The molecule has 0 unspecified atom stereocenters. The van der Waals surface area contributed by atoms with Crippen molar-refractivity contribution in [2.24, 2.45) is 0 Å². The molecule has 6 heteroatoms. The molecule has 1 saturated heterocycles. The van der Waals surface area contributed by atoms with E-state index in [2.05, 4.69) is 45.4 Å². The molecule has 3 aromatic heterocycles. The van der Waals surface area contributed by atoms with Crippen LogP contribution in [0.3, 0.4) is 0 Å². The maximum atomic E-state index is 15.0. The van der Waals surface area contributed by atoms with Gasteiger partial charge >= 0.3 is 0 Å². The summed E-state index contributed by atoms with van der Waals surface area (Å²) in [6, 6.07) is 5.76. The van der Waals surface area contributed by atoms with E-state index < -0.39 is 0 Å². The number of fused-ring (bicyclic) bond motifs is 2. The van der Waals surface area contributed by atoms with Gasteiger partial charge < -0.3 is 10.3 Å². The van der Waals surface area contributed by atoms with Crippen LogP contribution in [0.15, 0.2) is 30.6 Å². The minimum absolute atomic E-state index is 0.106. The van der Waals surface area contributed by atoms with E-state index in [1.165, 1.54) is 5.56 Å². The van der Waals surface area contributed by atoms with E-state index in [9.17, 15) is 4.39 Å². The summed E-state index contributed by atoms with van der Waals surface area (Å²) in [4.78, 5) is 7.84. The van der Waals surface area contributed by atoms with Crippen LogP contribution >= 0.6 is 0 Å². The Bertz CT molecular complexity index is 1150. The Kier molecular flexibility index (Phi) is 4.16. The normalized spacial score (nSPS) is 15.9. The first-order valence-corrected chi connectivity index (χ1v) is 9.97. The second-order valence-electron chi connectivity index (χ2n) is 8.00. The summed E-state index contributed by atoms with van der Waals surface area (Å²) in [5.74, 6) is 0.474. The van der Waals surface area contributed by atoms with E-state index in [4.69, 9.17) is 0 Å². The maximum Gasteiger partial charge on any atom is 0.155 e. The van der Waals surface area contributed by atoms with Gasteiger partial charge in [-0.1, -0.05) is 13.8 Å². The number of rotatable bonds is 3. The van der Waals surface area contributed by atoms with E-state index in [0.717, 1.165) is 64.7 Å². The first-order valence-electron chi connectivity index (χ1n) is 9.97. The van der Waals surface area contributed by atoms with Gasteiger partial charge in [0.25, 0.3) is 0 Å². The first kappa shape index (κ1) is 17.4. The van der Waals surface area contributed by atoms with Gasteiger partial charge in [-0.25, -0.2) is 9.37 Å². The van der Waals surface area contributed by atoms with E-state index >= 15 is 0 Å². The number of hydrogen-bond acceptors (Lipinski definition) is 3. The third-order valence-electron chi connectivity index (χ3n) is 5.94.